The van der Waals surface area contributed by atoms with E-state index in [4.69, 9.17) is 4.74 Å². The third-order valence-electron chi connectivity index (χ3n) is 3.80. The van der Waals surface area contributed by atoms with Crippen LogP contribution in [0.5, 0.6) is 0 Å². The van der Waals surface area contributed by atoms with Crippen LogP contribution in [0.15, 0.2) is 0 Å². The van der Waals surface area contributed by atoms with Gasteiger partial charge in [-0.2, -0.15) is 0 Å². The van der Waals surface area contributed by atoms with Gasteiger partial charge in [0.05, 0.1) is 11.5 Å². The van der Waals surface area contributed by atoms with Crippen molar-refractivity contribution in [3.8, 4) is 0 Å². The molecule has 1 heterocycles. The smallest absolute Gasteiger partial charge is 0.150 e. The van der Waals surface area contributed by atoms with Gasteiger partial charge in [-0.25, -0.2) is 8.42 Å². The first-order valence-electron chi connectivity index (χ1n) is 6.40. The summed E-state index contributed by atoms with van der Waals surface area (Å²) >= 11 is 7.17. The predicted molar refractivity (Wildman–Crippen MR) is 82.5 cm³/mol. The number of hydrogen-bond donors (Lipinski definition) is 0. The second kappa shape index (κ2) is 7.60. The van der Waals surface area contributed by atoms with Gasteiger partial charge in [0.1, 0.15) is 0 Å². The Labute approximate surface area is 127 Å². The molecular formula is C12H22Br2O3S. The van der Waals surface area contributed by atoms with Gasteiger partial charge in [-0.3, -0.25) is 0 Å². The van der Waals surface area contributed by atoms with Crippen molar-refractivity contribution in [1.82, 2.24) is 0 Å². The van der Waals surface area contributed by atoms with Crippen molar-refractivity contribution in [3.05, 3.63) is 0 Å². The van der Waals surface area contributed by atoms with Crippen molar-refractivity contribution in [2.75, 3.05) is 35.4 Å². The fourth-order valence-corrected chi connectivity index (χ4v) is 6.89. The maximum absolute atomic E-state index is 11.6. The number of alkyl halides is 2. The van der Waals surface area contributed by atoms with Crippen molar-refractivity contribution in [1.29, 1.82) is 0 Å². The number of sulfone groups is 1. The molecule has 1 unspecified atom stereocenters. The zero-order valence-electron chi connectivity index (χ0n) is 10.8. The Bertz CT molecular complexity index is 339. The first kappa shape index (κ1) is 16.9. The summed E-state index contributed by atoms with van der Waals surface area (Å²) in [6.45, 7) is 3.50. The number of rotatable bonds is 8. The summed E-state index contributed by atoms with van der Waals surface area (Å²) in [6.07, 6.45) is 2.79. The Morgan fingerprint density at radius 3 is 2.44 bits per heavy atom. The Hall–Kier alpha value is 0.870. The second-order valence-corrected chi connectivity index (χ2v) is 8.38. The first-order valence-corrected chi connectivity index (χ1v) is 10.5. The summed E-state index contributed by atoms with van der Waals surface area (Å²) in [5, 5.41) is 1.69. The maximum Gasteiger partial charge on any atom is 0.150 e. The molecule has 1 saturated heterocycles. The summed E-state index contributed by atoms with van der Waals surface area (Å²) in [5.74, 6) is 0.965. The largest absolute Gasteiger partial charge is 0.382 e. The van der Waals surface area contributed by atoms with E-state index in [1.807, 2.05) is 6.92 Å². The van der Waals surface area contributed by atoms with Gasteiger partial charge in [0.15, 0.2) is 9.84 Å². The van der Waals surface area contributed by atoms with E-state index in [-0.39, 0.29) is 11.3 Å². The van der Waals surface area contributed by atoms with Gasteiger partial charge in [0, 0.05) is 23.9 Å². The molecule has 0 spiro atoms. The van der Waals surface area contributed by atoms with E-state index >= 15 is 0 Å². The Morgan fingerprint density at radius 2 is 2.00 bits per heavy atom. The molecule has 0 aromatic rings. The first-order chi connectivity index (χ1) is 8.49. The molecular weight excluding hydrogens is 384 g/mol. The fourth-order valence-electron chi connectivity index (χ4n) is 2.54. The fraction of sp³-hybridized carbons (Fsp3) is 1.00. The van der Waals surface area contributed by atoms with Crippen molar-refractivity contribution in [2.45, 2.75) is 26.2 Å². The van der Waals surface area contributed by atoms with Crippen LogP contribution in [0.1, 0.15) is 26.2 Å². The van der Waals surface area contributed by atoms with E-state index in [0.717, 1.165) is 43.1 Å². The highest BCUT2D eigenvalue weighted by atomic mass is 79.9. The predicted octanol–water partition coefficient (Wildman–Crippen LogP) is 3.01. The van der Waals surface area contributed by atoms with Crippen molar-refractivity contribution >= 4 is 41.7 Å². The lowest BCUT2D eigenvalue weighted by atomic mass is 9.75. The van der Waals surface area contributed by atoms with Gasteiger partial charge >= 0.3 is 0 Å². The Balaban J connectivity index is 2.62. The molecule has 1 atom stereocenters. The van der Waals surface area contributed by atoms with Crippen LogP contribution < -0.4 is 0 Å². The maximum atomic E-state index is 11.6. The normalized spacial score (nSPS) is 23.4. The van der Waals surface area contributed by atoms with E-state index in [1.165, 1.54) is 0 Å². The summed E-state index contributed by atoms with van der Waals surface area (Å²) in [7, 11) is -2.81. The molecule has 1 aliphatic rings. The molecule has 0 aromatic carbocycles. The quantitative estimate of drug-likeness (QED) is 0.460. The summed E-state index contributed by atoms with van der Waals surface area (Å²) in [4.78, 5) is 0. The lowest BCUT2D eigenvalue weighted by Gasteiger charge is -2.35. The topological polar surface area (TPSA) is 43.4 Å². The average molecular weight is 406 g/mol. The Morgan fingerprint density at radius 1 is 1.33 bits per heavy atom. The molecule has 0 amide bonds. The summed E-state index contributed by atoms with van der Waals surface area (Å²) in [6, 6.07) is 0. The van der Waals surface area contributed by atoms with Crippen LogP contribution in [0, 0.1) is 11.3 Å². The molecule has 108 valence electrons. The third kappa shape index (κ3) is 4.46. The van der Waals surface area contributed by atoms with E-state index in [0.29, 0.717) is 11.5 Å². The van der Waals surface area contributed by atoms with Crippen LogP contribution in [0.25, 0.3) is 0 Å². The third-order valence-corrected chi connectivity index (χ3v) is 7.80. The molecule has 0 radical (unpaired) electrons. The molecule has 1 rings (SSSR count). The molecule has 1 aliphatic heterocycles. The average Bonchev–Trinajstić information content (AvgIpc) is 2.71. The summed E-state index contributed by atoms with van der Waals surface area (Å²) in [5.41, 5.74) is 0.0423. The molecule has 0 saturated carbocycles. The lowest BCUT2D eigenvalue weighted by molar-refractivity contribution is 0.124. The SMILES string of the molecule is CCOCCCC(CBr)(CBr)C1CCS(=O)(=O)C1. The molecule has 18 heavy (non-hydrogen) atoms. The standard InChI is InChI=1S/C12H22Br2O3S/c1-2-17-6-3-5-12(9-13,10-14)11-4-7-18(15,16)8-11/h11H,2-10H2,1H3. The van der Waals surface area contributed by atoms with Gasteiger partial charge in [0.2, 0.25) is 0 Å². The molecule has 0 aromatic heterocycles. The molecule has 0 aliphatic carbocycles. The monoisotopic (exact) mass is 404 g/mol. The van der Waals surface area contributed by atoms with Crippen molar-refractivity contribution in [3.63, 3.8) is 0 Å². The molecule has 3 nitrogen and oxygen atoms in total. The van der Waals surface area contributed by atoms with Crippen molar-refractivity contribution in [2.24, 2.45) is 11.3 Å². The van der Waals surface area contributed by atoms with Crippen LogP contribution in [0.4, 0.5) is 0 Å². The molecule has 6 heteroatoms. The van der Waals surface area contributed by atoms with Crippen LogP contribution in [0.2, 0.25) is 0 Å². The Kier molecular flexibility index (Phi) is 7.14. The van der Waals surface area contributed by atoms with Gasteiger partial charge in [-0.15, -0.1) is 0 Å². The number of ether oxygens (including phenoxy) is 1. The second-order valence-electron chi connectivity index (χ2n) is 5.03. The minimum Gasteiger partial charge on any atom is -0.382 e. The molecule has 1 fully saturated rings. The van der Waals surface area contributed by atoms with Crippen LogP contribution in [-0.4, -0.2) is 43.8 Å². The van der Waals surface area contributed by atoms with E-state index in [2.05, 4.69) is 31.9 Å². The van der Waals surface area contributed by atoms with E-state index < -0.39 is 9.84 Å². The van der Waals surface area contributed by atoms with Gasteiger partial charge in [0.25, 0.3) is 0 Å². The van der Waals surface area contributed by atoms with Gasteiger partial charge in [-0.05, 0) is 37.5 Å². The van der Waals surface area contributed by atoms with E-state index in [1.54, 1.807) is 0 Å². The van der Waals surface area contributed by atoms with Crippen molar-refractivity contribution < 1.29 is 13.2 Å². The van der Waals surface area contributed by atoms with Crippen LogP contribution >= 0.6 is 31.9 Å². The number of hydrogen-bond acceptors (Lipinski definition) is 3. The van der Waals surface area contributed by atoms with E-state index in [9.17, 15) is 8.42 Å². The minimum atomic E-state index is -2.81. The molecule has 0 N–H and O–H groups in total. The summed E-state index contributed by atoms with van der Waals surface area (Å²) < 4.78 is 28.7. The highest BCUT2D eigenvalue weighted by Gasteiger charge is 2.42. The van der Waals surface area contributed by atoms with Gasteiger partial charge < -0.3 is 4.74 Å². The van der Waals surface area contributed by atoms with Gasteiger partial charge in [-0.1, -0.05) is 31.9 Å². The zero-order valence-corrected chi connectivity index (χ0v) is 14.8. The van der Waals surface area contributed by atoms with Crippen LogP contribution in [-0.2, 0) is 14.6 Å². The molecule has 0 bridgehead atoms. The minimum absolute atomic E-state index is 0.0423. The van der Waals surface area contributed by atoms with Crippen LogP contribution in [0.3, 0.4) is 0 Å². The lowest BCUT2D eigenvalue weighted by Crippen LogP contribution is -2.35. The zero-order chi connectivity index (χ0) is 13.6. The highest BCUT2D eigenvalue weighted by Crippen LogP contribution is 2.42. The highest BCUT2D eigenvalue weighted by molar-refractivity contribution is 9.09. The number of halogens is 2.